The van der Waals surface area contributed by atoms with Crippen LogP contribution in [0.1, 0.15) is 10.4 Å². The third kappa shape index (κ3) is 3.98. The Morgan fingerprint density at radius 1 is 0.931 bits per heavy atom. The standard InChI is InChI=1S/C19H20F3N5O2/c20-15-2-1-14(17(21)18(15)22)19(28)27-5-3-26(4-6-27)16-11-13(12-23-24-16)25-7-9-29-10-8-25/h1-2,11-12H,3-10H2. The zero-order chi connectivity index (χ0) is 20.4. The third-order valence-corrected chi connectivity index (χ3v) is 5.16. The molecule has 2 aromatic rings. The monoisotopic (exact) mass is 407 g/mol. The highest BCUT2D eigenvalue weighted by molar-refractivity contribution is 5.94. The minimum atomic E-state index is -1.63. The van der Waals surface area contributed by atoms with Crippen LogP contribution in [-0.2, 0) is 4.74 Å². The van der Waals surface area contributed by atoms with Gasteiger partial charge in [0, 0.05) is 45.3 Å². The number of carbonyl (C=O) groups is 1. The summed E-state index contributed by atoms with van der Waals surface area (Å²) in [6.45, 7) is 4.45. The van der Waals surface area contributed by atoms with Gasteiger partial charge in [0.15, 0.2) is 23.3 Å². The normalized spacial score (nSPS) is 17.6. The molecule has 29 heavy (non-hydrogen) atoms. The number of aromatic nitrogens is 2. The average Bonchev–Trinajstić information content (AvgIpc) is 2.78. The number of rotatable bonds is 3. The van der Waals surface area contributed by atoms with Crippen molar-refractivity contribution in [3.05, 3.63) is 47.4 Å². The first kappa shape index (κ1) is 19.4. The average molecular weight is 407 g/mol. The van der Waals surface area contributed by atoms with E-state index >= 15 is 0 Å². The number of hydrogen-bond donors (Lipinski definition) is 0. The molecule has 4 rings (SSSR count). The minimum absolute atomic E-state index is 0.306. The molecule has 0 spiro atoms. The summed E-state index contributed by atoms with van der Waals surface area (Å²) in [6.07, 6.45) is 1.71. The molecule has 154 valence electrons. The number of anilines is 2. The Morgan fingerprint density at radius 3 is 2.38 bits per heavy atom. The number of carbonyl (C=O) groups excluding carboxylic acids is 1. The number of piperazine rings is 1. The Bertz CT molecular complexity index is 899. The van der Waals surface area contributed by atoms with Gasteiger partial charge < -0.3 is 19.4 Å². The van der Waals surface area contributed by atoms with Gasteiger partial charge in [-0.2, -0.15) is 5.10 Å². The van der Waals surface area contributed by atoms with E-state index in [2.05, 4.69) is 15.1 Å². The molecule has 1 aromatic heterocycles. The van der Waals surface area contributed by atoms with Crippen molar-refractivity contribution in [1.29, 1.82) is 0 Å². The molecule has 10 heteroatoms. The molecule has 2 aliphatic heterocycles. The van der Waals surface area contributed by atoms with Crippen molar-refractivity contribution >= 4 is 17.4 Å². The van der Waals surface area contributed by atoms with Gasteiger partial charge in [0.2, 0.25) is 0 Å². The topological polar surface area (TPSA) is 61.8 Å². The molecule has 3 heterocycles. The lowest BCUT2D eigenvalue weighted by atomic mass is 10.1. The van der Waals surface area contributed by atoms with E-state index in [4.69, 9.17) is 4.74 Å². The Hall–Kier alpha value is -2.88. The summed E-state index contributed by atoms with van der Waals surface area (Å²) in [5.74, 6) is -4.37. The highest BCUT2D eigenvalue weighted by Gasteiger charge is 2.27. The Labute approximate surface area is 165 Å². The second kappa shape index (κ2) is 8.24. The number of morpholine rings is 1. The summed E-state index contributed by atoms with van der Waals surface area (Å²) in [6, 6.07) is 3.68. The molecule has 2 saturated heterocycles. The lowest BCUT2D eigenvalue weighted by molar-refractivity contribution is 0.0740. The van der Waals surface area contributed by atoms with Crippen molar-refractivity contribution in [2.45, 2.75) is 0 Å². The van der Waals surface area contributed by atoms with E-state index in [9.17, 15) is 18.0 Å². The van der Waals surface area contributed by atoms with Crippen LogP contribution in [0.5, 0.6) is 0 Å². The van der Waals surface area contributed by atoms with Gasteiger partial charge in [-0.15, -0.1) is 5.10 Å². The predicted molar refractivity (Wildman–Crippen MR) is 99.5 cm³/mol. The lowest BCUT2D eigenvalue weighted by Gasteiger charge is -2.36. The molecule has 0 N–H and O–H groups in total. The van der Waals surface area contributed by atoms with E-state index in [0.29, 0.717) is 45.2 Å². The van der Waals surface area contributed by atoms with Gasteiger partial charge >= 0.3 is 0 Å². The van der Waals surface area contributed by atoms with Crippen molar-refractivity contribution in [3.63, 3.8) is 0 Å². The molecular formula is C19H20F3N5O2. The maximum atomic E-state index is 13.9. The maximum Gasteiger partial charge on any atom is 0.257 e. The summed E-state index contributed by atoms with van der Waals surface area (Å²) in [7, 11) is 0. The molecule has 1 amide bonds. The van der Waals surface area contributed by atoms with E-state index < -0.39 is 28.9 Å². The van der Waals surface area contributed by atoms with Crippen LogP contribution in [0.15, 0.2) is 24.4 Å². The van der Waals surface area contributed by atoms with Gasteiger partial charge in [0.1, 0.15) is 0 Å². The lowest BCUT2D eigenvalue weighted by Crippen LogP contribution is -2.49. The van der Waals surface area contributed by atoms with Gasteiger partial charge in [-0.25, -0.2) is 13.2 Å². The predicted octanol–water partition coefficient (Wildman–Crippen LogP) is 1.69. The first-order valence-electron chi connectivity index (χ1n) is 9.38. The van der Waals surface area contributed by atoms with Gasteiger partial charge in [0.25, 0.3) is 5.91 Å². The molecule has 0 atom stereocenters. The first-order valence-corrected chi connectivity index (χ1v) is 9.38. The van der Waals surface area contributed by atoms with Crippen LogP contribution in [0.3, 0.4) is 0 Å². The number of nitrogens with zero attached hydrogens (tertiary/aromatic N) is 5. The fourth-order valence-corrected chi connectivity index (χ4v) is 3.49. The summed E-state index contributed by atoms with van der Waals surface area (Å²) in [5.41, 5.74) is 0.493. The molecule has 2 aliphatic rings. The minimum Gasteiger partial charge on any atom is -0.378 e. The molecular weight excluding hydrogens is 387 g/mol. The molecule has 0 unspecified atom stereocenters. The molecule has 1 aromatic carbocycles. The van der Waals surface area contributed by atoms with Crippen molar-refractivity contribution in [1.82, 2.24) is 15.1 Å². The van der Waals surface area contributed by atoms with Crippen molar-refractivity contribution in [3.8, 4) is 0 Å². The van der Waals surface area contributed by atoms with E-state index in [1.807, 2.05) is 11.0 Å². The van der Waals surface area contributed by atoms with Gasteiger partial charge in [0.05, 0.1) is 30.7 Å². The largest absolute Gasteiger partial charge is 0.378 e. The fourth-order valence-electron chi connectivity index (χ4n) is 3.49. The van der Waals surface area contributed by atoms with Crippen molar-refractivity contribution in [2.75, 3.05) is 62.3 Å². The second-order valence-electron chi connectivity index (χ2n) is 6.87. The van der Waals surface area contributed by atoms with E-state index in [0.717, 1.165) is 30.9 Å². The zero-order valence-corrected chi connectivity index (χ0v) is 15.7. The van der Waals surface area contributed by atoms with Crippen LogP contribution in [0, 0.1) is 17.5 Å². The van der Waals surface area contributed by atoms with E-state index in [-0.39, 0.29) is 0 Å². The Morgan fingerprint density at radius 2 is 1.66 bits per heavy atom. The Balaban J connectivity index is 1.42. The highest BCUT2D eigenvalue weighted by atomic mass is 19.2. The fraction of sp³-hybridized carbons (Fsp3) is 0.421. The van der Waals surface area contributed by atoms with E-state index in [1.54, 1.807) is 6.20 Å². The summed E-state index contributed by atoms with van der Waals surface area (Å²) in [4.78, 5) is 18.1. The zero-order valence-electron chi connectivity index (χ0n) is 15.7. The van der Waals surface area contributed by atoms with Crippen LogP contribution in [0.4, 0.5) is 24.7 Å². The first-order chi connectivity index (χ1) is 14.0. The summed E-state index contributed by atoms with van der Waals surface area (Å²) >= 11 is 0. The highest BCUT2D eigenvalue weighted by Crippen LogP contribution is 2.22. The SMILES string of the molecule is O=C(c1ccc(F)c(F)c1F)N1CCN(c2cc(N3CCOCC3)cnn2)CC1. The summed E-state index contributed by atoms with van der Waals surface area (Å²) < 4.78 is 45.8. The van der Waals surface area contributed by atoms with Crippen LogP contribution in [0.2, 0.25) is 0 Å². The van der Waals surface area contributed by atoms with Crippen LogP contribution < -0.4 is 9.80 Å². The molecule has 2 fully saturated rings. The molecule has 0 radical (unpaired) electrons. The van der Waals surface area contributed by atoms with Crippen LogP contribution in [0.25, 0.3) is 0 Å². The van der Waals surface area contributed by atoms with Crippen LogP contribution in [-0.4, -0.2) is 73.5 Å². The van der Waals surface area contributed by atoms with Gasteiger partial charge in [-0.05, 0) is 12.1 Å². The van der Waals surface area contributed by atoms with Gasteiger partial charge in [-0.3, -0.25) is 4.79 Å². The number of benzene rings is 1. The number of ether oxygens (including phenoxy) is 1. The number of halogens is 3. The molecule has 0 saturated carbocycles. The third-order valence-electron chi connectivity index (χ3n) is 5.16. The second-order valence-corrected chi connectivity index (χ2v) is 6.87. The number of amides is 1. The smallest absolute Gasteiger partial charge is 0.257 e. The molecule has 0 bridgehead atoms. The molecule has 0 aliphatic carbocycles. The van der Waals surface area contributed by atoms with Gasteiger partial charge in [-0.1, -0.05) is 0 Å². The quantitative estimate of drug-likeness (QED) is 0.722. The van der Waals surface area contributed by atoms with Crippen molar-refractivity contribution in [2.24, 2.45) is 0 Å². The summed E-state index contributed by atoms with van der Waals surface area (Å²) in [5, 5.41) is 8.27. The molecule has 7 nitrogen and oxygen atoms in total. The van der Waals surface area contributed by atoms with E-state index in [1.165, 1.54) is 4.90 Å². The van der Waals surface area contributed by atoms with Crippen molar-refractivity contribution < 1.29 is 22.7 Å². The maximum absolute atomic E-state index is 13.9. The van der Waals surface area contributed by atoms with Crippen LogP contribution >= 0.6 is 0 Å². The Kier molecular flexibility index (Phi) is 5.52. The number of hydrogen-bond acceptors (Lipinski definition) is 6.